The van der Waals surface area contributed by atoms with E-state index in [1.54, 1.807) is 30.3 Å². The summed E-state index contributed by atoms with van der Waals surface area (Å²) in [7, 11) is 0. The van der Waals surface area contributed by atoms with Crippen molar-refractivity contribution in [2.75, 3.05) is 13.2 Å². The molecular weight excluding hydrogens is 299 g/mol. The van der Waals surface area contributed by atoms with Crippen molar-refractivity contribution >= 4 is 5.97 Å². The molecule has 2 aromatic rings. The van der Waals surface area contributed by atoms with Crippen molar-refractivity contribution in [3.63, 3.8) is 0 Å². The zero-order chi connectivity index (χ0) is 16.7. The Kier molecular flexibility index (Phi) is 5.97. The molecule has 122 valence electrons. The van der Waals surface area contributed by atoms with Crippen LogP contribution in [0.4, 0.5) is 4.39 Å². The Morgan fingerprint density at radius 1 is 0.957 bits per heavy atom. The lowest BCUT2D eigenvalue weighted by Gasteiger charge is -2.12. The number of rotatable bonds is 7. The molecule has 0 aliphatic rings. The fourth-order valence-corrected chi connectivity index (χ4v) is 1.99. The first-order valence-electron chi connectivity index (χ1n) is 7.45. The highest BCUT2D eigenvalue weighted by molar-refractivity contribution is 5.90. The maximum absolute atomic E-state index is 12.8. The van der Waals surface area contributed by atoms with E-state index in [1.807, 2.05) is 13.8 Å². The van der Waals surface area contributed by atoms with Crippen LogP contribution in [0.1, 0.15) is 29.8 Å². The quantitative estimate of drug-likeness (QED) is 0.724. The molecular formula is C18H19FO4. The number of carbonyl (C=O) groups is 1. The van der Waals surface area contributed by atoms with Crippen LogP contribution in [0.2, 0.25) is 0 Å². The molecule has 0 spiro atoms. The Morgan fingerprint density at radius 2 is 1.61 bits per heavy atom. The summed E-state index contributed by atoms with van der Waals surface area (Å²) in [5.74, 6) is 0.293. The molecule has 0 N–H and O–H groups in total. The minimum Gasteiger partial charge on any atom is -0.490 e. The van der Waals surface area contributed by atoms with Gasteiger partial charge < -0.3 is 14.2 Å². The van der Waals surface area contributed by atoms with Gasteiger partial charge in [0.15, 0.2) is 11.5 Å². The molecule has 4 nitrogen and oxygen atoms in total. The second kappa shape index (κ2) is 8.17. The average molecular weight is 318 g/mol. The van der Waals surface area contributed by atoms with Gasteiger partial charge in [0.2, 0.25) is 0 Å². The molecule has 0 amide bonds. The number of hydrogen-bond donors (Lipinski definition) is 0. The molecule has 0 saturated heterocycles. The fraction of sp³-hybridized carbons (Fsp3) is 0.278. The van der Waals surface area contributed by atoms with E-state index in [0.29, 0.717) is 30.3 Å². The molecule has 0 saturated carbocycles. The van der Waals surface area contributed by atoms with Gasteiger partial charge >= 0.3 is 5.97 Å². The molecule has 0 aliphatic heterocycles. The van der Waals surface area contributed by atoms with Crippen LogP contribution in [0.15, 0.2) is 42.5 Å². The number of ether oxygens (including phenoxy) is 3. The number of esters is 1. The normalized spacial score (nSPS) is 10.2. The molecule has 0 atom stereocenters. The standard InChI is InChI=1S/C18H19FO4/c1-3-21-16-10-7-14(11-17(16)22-4-2)18(20)23-12-13-5-8-15(19)9-6-13/h5-11H,3-4,12H2,1-2H3. The Morgan fingerprint density at radius 3 is 2.26 bits per heavy atom. The van der Waals surface area contributed by atoms with Crippen LogP contribution >= 0.6 is 0 Å². The van der Waals surface area contributed by atoms with Gasteiger partial charge in [-0.15, -0.1) is 0 Å². The topological polar surface area (TPSA) is 44.8 Å². The van der Waals surface area contributed by atoms with E-state index in [2.05, 4.69) is 0 Å². The van der Waals surface area contributed by atoms with Gasteiger partial charge in [0.1, 0.15) is 12.4 Å². The summed E-state index contributed by atoms with van der Waals surface area (Å²) >= 11 is 0. The van der Waals surface area contributed by atoms with E-state index >= 15 is 0 Å². The summed E-state index contributed by atoms with van der Waals surface area (Å²) in [6, 6.07) is 10.7. The molecule has 23 heavy (non-hydrogen) atoms. The highest BCUT2D eigenvalue weighted by atomic mass is 19.1. The molecule has 5 heteroatoms. The Hall–Kier alpha value is -2.56. The Labute approximate surface area is 134 Å². The molecule has 0 aliphatic carbocycles. The summed E-state index contributed by atoms with van der Waals surface area (Å²) in [4.78, 5) is 12.1. The molecule has 2 rings (SSSR count). The highest BCUT2D eigenvalue weighted by Gasteiger charge is 2.13. The molecule has 0 bridgehead atoms. The second-order valence-corrected chi connectivity index (χ2v) is 4.73. The zero-order valence-corrected chi connectivity index (χ0v) is 13.2. The van der Waals surface area contributed by atoms with Crippen molar-refractivity contribution < 1.29 is 23.4 Å². The number of benzene rings is 2. The number of carbonyl (C=O) groups excluding carboxylic acids is 1. The molecule has 0 aromatic heterocycles. The monoisotopic (exact) mass is 318 g/mol. The van der Waals surface area contributed by atoms with Gasteiger partial charge in [0.25, 0.3) is 0 Å². The largest absolute Gasteiger partial charge is 0.490 e. The number of halogens is 1. The fourth-order valence-electron chi connectivity index (χ4n) is 1.99. The first-order valence-corrected chi connectivity index (χ1v) is 7.45. The molecule has 2 aromatic carbocycles. The average Bonchev–Trinajstić information content (AvgIpc) is 2.56. The van der Waals surface area contributed by atoms with Crippen LogP contribution in [0.5, 0.6) is 11.5 Å². The number of hydrogen-bond acceptors (Lipinski definition) is 4. The van der Waals surface area contributed by atoms with E-state index < -0.39 is 5.97 Å². The zero-order valence-electron chi connectivity index (χ0n) is 13.2. The molecule has 0 radical (unpaired) electrons. The third-order valence-corrected chi connectivity index (χ3v) is 3.06. The predicted molar refractivity (Wildman–Crippen MR) is 84.3 cm³/mol. The van der Waals surface area contributed by atoms with Crippen molar-refractivity contribution in [3.8, 4) is 11.5 Å². The van der Waals surface area contributed by atoms with Gasteiger partial charge in [-0.25, -0.2) is 9.18 Å². The third kappa shape index (κ3) is 4.71. The molecule has 0 fully saturated rings. The lowest BCUT2D eigenvalue weighted by molar-refractivity contribution is 0.0472. The van der Waals surface area contributed by atoms with Gasteiger partial charge in [0, 0.05) is 0 Å². The van der Waals surface area contributed by atoms with Crippen molar-refractivity contribution in [2.45, 2.75) is 20.5 Å². The predicted octanol–water partition coefficient (Wildman–Crippen LogP) is 3.98. The van der Waals surface area contributed by atoms with Gasteiger partial charge in [0.05, 0.1) is 18.8 Å². The minimum absolute atomic E-state index is 0.0797. The van der Waals surface area contributed by atoms with Crippen molar-refractivity contribution in [1.29, 1.82) is 0 Å². The van der Waals surface area contributed by atoms with E-state index in [-0.39, 0.29) is 12.4 Å². The molecule has 0 unspecified atom stereocenters. The third-order valence-electron chi connectivity index (χ3n) is 3.06. The van der Waals surface area contributed by atoms with E-state index in [0.717, 1.165) is 5.56 Å². The smallest absolute Gasteiger partial charge is 0.338 e. The summed E-state index contributed by atoms with van der Waals surface area (Å²) in [6.07, 6.45) is 0. The van der Waals surface area contributed by atoms with Crippen LogP contribution in [0.25, 0.3) is 0 Å². The van der Waals surface area contributed by atoms with Gasteiger partial charge in [-0.05, 0) is 49.7 Å². The maximum atomic E-state index is 12.8. The maximum Gasteiger partial charge on any atom is 0.338 e. The van der Waals surface area contributed by atoms with Crippen LogP contribution in [-0.4, -0.2) is 19.2 Å². The van der Waals surface area contributed by atoms with Crippen molar-refractivity contribution in [2.24, 2.45) is 0 Å². The van der Waals surface area contributed by atoms with Crippen LogP contribution < -0.4 is 9.47 Å². The van der Waals surface area contributed by atoms with Crippen LogP contribution in [0.3, 0.4) is 0 Å². The lowest BCUT2D eigenvalue weighted by atomic mass is 10.2. The van der Waals surface area contributed by atoms with Crippen LogP contribution in [0, 0.1) is 5.82 Å². The van der Waals surface area contributed by atoms with Gasteiger partial charge in [-0.2, -0.15) is 0 Å². The summed E-state index contributed by atoms with van der Waals surface area (Å²) in [6.45, 7) is 4.79. The van der Waals surface area contributed by atoms with Crippen LogP contribution in [-0.2, 0) is 11.3 Å². The Bertz CT molecular complexity index is 653. The first kappa shape index (κ1) is 16.8. The Balaban J connectivity index is 2.06. The molecule has 0 heterocycles. The van der Waals surface area contributed by atoms with E-state index in [1.165, 1.54) is 12.1 Å². The SMILES string of the molecule is CCOc1ccc(C(=O)OCc2ccc(F)cc2)cc1OCC. The highest BCUT2D eigenvalue weighted by Crippen LogP contribution is 2.28. The first-order chi connectivity index (χ1) is 11.1. The van der Waals surface area contributed by atoms with E-state index in [4.69, 9.17) is 14.2 Å². The summed E-state index contributed by atoms with van der Waals surface area (Å²) < 4.78 is 29.0. The second-order valence-electron chi connectivity index (χ2n) is 4.73. The summed E-state index contributed by atoms with van der Waals surface area (Å²) in [5, 5.41) is 0. The summed E-state index contributed by atoms with van der Waals surface area (Å²) in [5.41, 5.74) is 1.09. The van der Waals surface area contributed by atoms with E-state index in [9.17, 15) is 9.18 Å². The van der Waals surface area contributed by atoms with Crippen molar-refractivity contribution in [1.82, 2.24) is 0 Å². The van der Waals surface area contributed by atoms with Gasteiger partial charge in [-0.3, -0.25) is 0 Å². The lowest BCUT2D eigenvalue weighted by Crippen LogP contribution is -2.07. The minimum atomic E-state index is -0.474. The van der Waals surface area contributed by atoms with Gasteiger partial charge in [-0.1, -0.05) is 12.1 Å². The van der Waals surface area contributed by atoms with Crippen molar-refractivity contribution in [3.05, 3.63) is 59.4 Å².